The van der Waals surface area contributed by atoms with E-state index < -0.39 is 20.6 Å². The molecule has 0 amide bonds. The zero-order valence-electron chi connectivity index (χ0n) is 9.10. The molecule has 1 aliphatic rings. The molecular formula is C10H11BrO4S2. The molecular weight excluding hydrogens is 328 g/mol. The van der Waals surface area contributed by atoms with Crippen LogP contribution in [0.25, 0.3) is 0 Å². The van der Waals surface area contributed by atoms with E-state index >= 15 is 0 Å². The zero-order chi connectivity index (χ0) is 12.7. The number of ether oxygens (including phenoxy) is 1. The lowest BCUT2D eigenvalue weighted by Crippen LogP contribution is -2.34. The third kappa shape index (κ3) is 2.04. The van der Waals surface area contributed by atoms with Gasteiger partial charge in [0.1, 0.15) is 4.21 Å². The zero-order valence-corrected chi connectivity index (χ0v) is 12.3. The van der Waals surface area contributed by atoms with E-state index in [9.17, 15) is 13.2 Å². The Bertz CT molecular complexity index is 542. The summed E-state index contributed by atoms with van der Waals surface area (Å²) < 4.78 is 29.2. The highest BCUT2D eigenvalue weighted by atomic mass is 79.9. The van der Waals surface area contributed by atoms with E-state index in [1.807, 2.05) is 0 Å². The van der Waals surface area contributed by atoms with Gasteiger partial charge in [-0.3, -0.25) is 4.79 Å². The van der Waals surface area contributed by atoms with Crippen molar-refractivity contribution >= 4 is 43.1 Å². The number of rotatable bonds is 4. The Morgan fingerprint density at radius 1 is 1.53 bits per heavy atom. The van der Waals surface area contributed by atoms with E-state index in [0.29, 0.717) is 12.8 Å². The van der Waals surface area contributed by atoms with Crippen molar-refractivity contribution < 1.29 is 17.9 Å². The topological polar surface area (TPSA) is 60.4 Å². The van der Waals surface area contributed by atoms with Gasteiger partial charge in [0.25, 0.3) is 0 Å². The van der Waals surface area contributed by atoms with Crippen LogP contribution in [-0.2, 0) is 19.4 Å². The molecule has 1 heterocycles. The minimum Gasteiger partial charge on any atom is -0.465 e. The molecule has 0 atom stereocenters. The van der Waals surface area contributed by atoms with E-state index in [1.54, 1.807) is 13.0 Å². The summed E-state index contributed by atoms with van der Waals surface area (Å²) in [5.41, 5.74) is 0. The molecule has 7 heteroatoms. The average molecular weight is 339 g/mol. The molecule has 0 radical (unpaired) electrons. The first kappa shape index (κ1) is 13.0. The molecule has 0 saturated heterocycles. The number of hydrogen-bond acceptors (Lipinski definition) is 5. The largest absolute Gasteiger partial charge is 0.465 e. The Hall–Kier alpha value is -0.400. The van der Waals surface area contributed by atoms with Crippen LogP contribution in [0.5, 0.6) is 0 Å². The molecule has 0 spiro atoms. The smallest absolute Gasteiger partial charge is 0.327 e. The van der Waals surface area contributed by atoms with Gasteiger partial charge in [-0.05, 0) is 47.8 Å². The summed E-state index contributed by atoms with van der Waals surface area (Å²) in [6.45, 7) is 1.87. The van der Waals surface area contributed by atoms with Crippen LogP contribution in [0.1, 0.15) is 19.8 Å². The highest BCUT2D eigenvalue weighted by Gasteiger charge is 2.62. The maximum atomic E-state index is 12.3. The van der Waals surface area contributed by atoms with Gasteiger partial charge in [-0.25, -0.2) is 8.42 Å². The minimum absolute atomic E-state index is 0.199. The van der Waals surface area contributed by atoms with Crippen molar-refractivity contribution in [3.8, 4) is 0 Å². The molecule has 0 bridgehead atoms. The molecule has 0 aromatic carbocycles. The highest BCUT2D eigenvalue weighted by molar-refractivity contribution is 9.11. The van der Waals surface area contributed by atoms with Gasteiger partial charge in [-0.2, -0.15) is 0 Å². The first-order valence-electron chi connectivity index (χ1n) is 5.11. The Balaban J connectivity index is 2.37. The number of thiophene rings is 1. The Morgan fingerprint density at radius 3 is 2.59 bits per heavy atom. The minimum atomic E-state index is -3.61. The fourth-order valence-corrected chi connectivity index (χ4v) is 5.77. The van der Waals surface area contributed by atoms with Gasteiger partial charge in [0, 0.05) is 0 Å². The number of carbonyl (C=O) groups excluding carboxylic acids is 1. The lowest BCUT2D eigenvalue weighted by Gasteiger charge is -2.13. The van der Waals surface area contributed by atoms with E-state index in [1.165, 1.54) is 6.07 Å². The van der Waals surface area contributed by atoms with Crippen molar-refractivity contribution in [2.75, 3.05) is 6.61 Å². The summed E-state index contributed by atoms with van der Waals surface area (Å²) >= 11 is 4.34. The second kappa shape index (κ2) is 4.37. The number of carbonyl (C=O) groups is 1. The van der Waals surface area contributed by atoms with Gasteiger partial charge in [0.15, 0.2) is 4.75 Å². The van der Waals surface area contributed by atoms with Crippen LogP contribution >= 0.6 is 27.3 Å². The van der Waals surface area contributed by atoms with E-state index in [-0.39, 0.29) is 10.8 Å². The van der Waals surface area contributed by atoms with Crippen molar-refractivity contribution in [2.24, 2.45) is 0 Å². The molecule has 17 heavy (non-hydrogen) atoms. The summed E-state index contributed by atoms with van der Waals surface area (Å²) in [5, 5.41) is 0. The van der Waals surface area contributed by atoms with Crippen LogP contribution in [0.15, 0.2) is 20.1 Å². The number of halogens is 1. The van der Waals surface area contributed by atoms with Gasteiger partial charge in [-0.1, -0.05) is 0 Å². The number of esters is 1. The van der Waals surface area contributed by atoms with Crippen LogP contribution in [-0.4, -0.2) is 25.7 Å². The second-order valence-electron chi connectivity index (χ2n) is 3.78. The van der Waals surface area contributed by atoms with E-state index in [0.717, 1.165) is 15.1 Å². The molecule has 1 aromatic rings. The molecule has 0 aliphatic heterocycles. The van der Waals surface area contributed by atoms with Gasteiger partial charge in [0.2, 0.25) is 9.84 Å². The summed E-state index contributed by atoms with van der Waals surface area (Å²) in [5.74, 6) is -0.621. The first-order chi connectivity index (χ1) is 7.94. The molecule has 0 unspecified atom stereocenters. The van der Waals surface area contributed by atoms with Crippen molar-refractivity contribution in [2.45, 2.75) is 28.7 Å². The Kier molecular flexibility index (Phi) is 3.35. The first-order valence-corrected chi connectivity index (χ1v) is 8.20. The fourth-order valence-electron chi connectivity index (χ4n) is 1.59. The maximum Gasteiger partial charge on any atom is 0.327 e. The fraction of sp³-hybridized carbons (Fsp3) is 0.500. The molecule has 1 aliphatic carbocycles. The second-order valence-corrected chi connectivity index (χ2v) is 8.73. The van der Waals surface area contributed by atoms with Gasteiger partial charge in [-0.15, -0.1) is 11.3 Å². The van der Waals surface area contributed by atoms with Gasteiger partial charge in [0.05, 0.1) is 10.4 Å². The average Bonchev–Trinajstić information content (AvgIpc) is 2.97. The lowest BCUT2D eigenvalue weighted by atomic mass is 10.4. The van der Waals surface area contributed by atoms with Crippen LogP contribution < -0.4 is 0 Å². The molecule has 4 nitrogen and oxygen atoms in total. The summed E-state index contributed by atoms with van der Waals surface area (Å²) in [7, 11) is -3.61. The molecule has 2 rings (SSSR count). The SMILES string of the molecule is CCOC(=O)C1(S(=O)(=O)c2ccc(Br)s2)CC1. The van der Waals surface area contributed by atoms with Crippen LogP contribution in [0, 0.1) is 0 Å². The third-order valence-corrected chi connectivity index (χ3v) is 7.28. The van der Waals surface area contributed by atoms with Crippen LogP contribution in [0.3, 0.4) is 0 Å². The van der Waals surface area contributed by atoms with E-state index in [4.69, 9.17) is 4.74 Å². The van der Waals surface area contributed by atoms with Crippen LogP contribution in [0.2, 0.25) is 0 Å². The maximum absolute atomic E-state index is 12.3. The molecule has 1 fully saturated rings. The molecule has 0 N–H and O–H groups in total. The Labute approximate surface area is 112 Å². The molecule has 1 saturated carbocycles. The lowest BCUT2D eigenvalue weighted by molar-refractivity contribution is -0.143. The van der Waals surface area contributed by atoms with Gasteiger partial charge >= 0.3 is 5.97 Å². The van der Waals surface area contributed by atoms with Crippen LogP contribution in [0.4, 0.5) is 0 Å². The highest BCUT2D eigenvalue weighted by Crippen LogP contribution is 2.49. The summed E-state index contributed by atoms with van der Waals surface area (Å²) in [6, 6.07) is 3.18. The predicted molar refractivity (Wildman–Crippen MR) is 67.8 cm³/mol. The third-order valence-electron chi connectivity index (χ3n) is 2.68. The van der Waals surface area contributed by atoms with Crippen molar-refractivity contribution in [1.29, 1.82) is 0 Å². The van der Waals surface area contributed by atoms with Crippen molar-refractivity contribution in [3.63, 3.8) is 0 Å². The quantitative estimate of drug-likeness (QED) is 0.791. The van der Waals surface area contributed by atoms with Gasteiger partial charge < -0.3 is 4.74 Å². The predicted octanol–water partition coefficient (Wildman–Crippen LogP) is 2.38. The number of hydrogen-bond donors (Lipinski definition) is 0. The van der Waals surface area contributed by atoms with E-state index in [2.05, 4.69) is 15.9 Å². The van der Waals surface area contributed by atoms with Crippen molar-refractivity contribution in [3.05, 3.63) is 15.9 Å². The monoisotopic (exact) mass is 338 g/mol. The van der Waals surface area contributed by atoms with Crippen molar-refractivity contribution in [1.82, 2.24) is 0 Å². The Morgan fingerprint density at radius 2 is 2.18 bits per heavy atom. The normalized spacial score (nSPS) is 17.8. The number of sulfone groups is 1. The molecule has 1 aromatic heterocycles. The molecule has 94 valence electrons. The summed E-state index contributed by atoms with van der Waals surface area (Å²) in [4.78, 5) is 11.7. The standard InChI is InChI=1S/C10H11BrO4S2/c1-2-15-9(12)10(5-6-10)17(13,14)8-4-3-7(11)16-8/h3-4H,2,5-6H2,1H3. The summed E-state index contributed by atoms with van der Waals surface area (Å²) in [6.07, 6.45) is 0.702.